The monoisotopic (exact) mass is 401 g/mol. The number of rotatable bonds is 7. The van der Waals surface area contributed by atoms with Gasteiger partial charge in [-0.25, -0.2) is 4.98 Å². The van der Waals surface area contributed by atoms with E-state index in [1.807, 2.05) is 29.2 Å². The number of aryl methyl sites for hydroxylation is 2. The molecule has 1 amide bonds. The highest BCUT2D eigenvalue weighted by atomic mass is 16.5. The molecular weight excluding hydrogens is 374 g/mol. The summed E-state index contributed by atoms with van der Waals surface area (Å²) in [5.41, 5.74) is 3.96. The van der Waals surface area contributed by atoms with E-state index in [4.69, 9.17) is 9.72 Å². The lowest BCUT2D eigenvalue weighted by Gasteiger charge is -2.23. The predicted octanol–water partition coefficient (Wildman–Crippen LogP) is 4.56. The van der Waals surface area contributed by atoms with E-state index in [9.17, 15) is 4.79 Å². The molecule has 1 fully saturated rings. The third-order valence-corrected chi connectivity index (χ3v) is 6.03. The first kappa shape index (κ1) is 18.9. The zero-order chi connectivity index (χ0) is 20.5. The van der Waals surface area contributed by atoms with Crippen molar-refractivity contribution in [2.75, 3.05) is 13.7 Å². The number of hydrogen-bond donors (Lipinski definition) is 0. The zero-order valence-electron chi connectivity index (χ0n) is 17.4. The van der Waals surface area contributed by atoms with E-state index in [0.29, 0.717) is 23.8 Å². The highest BCUT2D eigenvalue weighted by Crippen LogP contribution is 2.31. The van der Waals surface area contributed by atoms with Gasteiger partial charge >= 0.3 is 0 Å². The molecule has 2 heterocycles. The van der Waals surface area contributed by atoms with Crippen LogP contribution < -0.4 is 4.74 Å². The minimum Gasteiger partial charge on any atom is -0.497 e. The van der Waals surface area contributed by atoms with Crippen molar-refractivity contribution in [2.24, 2.45) is 5.92 Å². The number of ether oxygens (including phenoxy) is 1. The quantitative estimate of drug-likeness (QED) is 0.583. The number of nitrogens with zero attached hydrogens (tertiary/aromatic N) is 3. The van der Waals surface area contributed by atoms with Crippen molar-refractivity contribution >= 4 is 5.91 Å². The second-order valence-electron chi connectivity index (χ2n) is 8.40. The fraction of sp³-hybridized carbons (Fsp3) is 0.360. The van der Waals surface area contributed by atoms with E-state index in [1.165, 1.54) is 25.1 Å². The number of fused-ring (bicyclic) bond motifs is 1. The molecule has 30 heavy (non-hydrogen) atoms. The molecule has 0 atom stereocenters. The molecule has 5 nitrogen and oxygen atoms in total. The van der Waals surface area contributed by atoms with Crippen LogP contribution in [0.5, 0.6) is 5.75 Å². The van der Waals surface area contributed by atoms with Gasteiger partial charge in [-0.05, 0) is 55.0 Å². The predicted molar refractivity (Wildman–Crippen MR) is 116 cm³/mol. The first-order valence-electron chi connectivity index (χ1n) is 10.8. The summed E-state index contributed by atoms with van der Waals surface area (Å²) in [6.45, 7) is 2.47. The number of carbonyl (C=O) groups excluding carboxylic acids is 1. The Morgan fingerprint density at radius 3 is 2.87 bits per heavy atom. The summed E-state index contributed by atoms with van der Waals surface area (Å²) < 4.78 is 7.56. The fourth-order valence-corrected chi connectivity index (χ4v) is 4.21. The van der Waals surface area contributed by atoms with Gasteiger partial charge in [0, 0.05) is 43.4 Å². The van der Waals surface area contributed by atoms with E-state index in [-0.39, 0.29) is 5.91 Å². The maximum atomic E-state index is 13.3. The van der Waals surface area contributed by atoms with Crippen molar-refractivity contribution in [2.45, 2.75) is 38.8 Å². The number of aromatic nitrogens is 2. The Labute approximate surface area is 177 Å². The van der Waals surface area contributed by atoms with Crippen LogP contribution in [0.4, 0.5) is 0 Å². The van der Waals surface area contributed by atoms with Crippen LogP contribution in [0.15, 0.2) is 54.7 Å². The molecule has 2 aliphatic rings. The van der Waals surface area contributed by atoms with E-state index in [1.54, 1.807) is 7.11 Å². The third-order valence-electron chi connectivity index (χ3n) is 6.03. The van der Waals surface area contributed by atoms with Crippen molar-refractivity contribution in [3.63, 3.8) is 0 Å². The summed E-state index contributed by atoms with van der Waals surface area (Å²) in [4.78, 5) is 20.1. The lowest BCUT2D eigenvalue weighted by Crippen LogP contribution is -2.32. The van der Waals surface area contributed by atoms with Crippen LogP contribution in [0.3, 0.4) is 0 Å². The Morgan fingerprint density at radius 2 is 2.07 bits per heavy atom. The average Bonchev–Trinajstić information content (AvgIpc) is 3.33. The summed E-state index contributed by atoms with van der Waals surface area (Å²) in [5.74, 6) is 2.58. The van der Waals surface area contributed by atoms with E-state index < -0.39 is 0 Å². The Balaban J connectivity index is 1.38. The van der Waals surface area contributed by atoms with Crippen molar-refractivity contribution in [3.05, 3.63) is 71.7 Å². The fourth-order valence-electron chi connectivity index (χ4n) is 4.21. The lowest BCUT2D eigenvalue weighted by molar-refractivity contribution is 0.0734. The molecule has 0 bridgehead atoms. The average molecular weight is 402 g/mol. The topological polar surface area (TPSA) is 47.4 Å². The van der Waals surface area contributed by atoms with Gasteiger partial charge in [-0.3, -0.25) is 4.79 Å². The standard InChI is InChI=1S/C25H27N3O2/c1-30-22-8-3-7-21(14-22)25(29)28(15-18-10-11-18)16-19-5-2-6-20(13-19)23-17-27-12-4-9-24(27)26-23/h2-3,5-8,13-14,17-18H,4,9-12,15-16H2,1H3. The van der Waals surface area contributed by atoms with Gasteiger partial charge in [-0.1, -0.05) is 24.3 Å². The highest BCUT2D eigenvalue weighted by molar-refractivity contribution is 5.94. The van der Waals surface area contributed by atoms with Crippen molar-refractivity contribution in [3.8, 4) is 17.0 Å². The largest absolute Gasteiger partial charge is 0.497 e. The molecule has 1 aliphatic carbocycles. The third kappa shape index (κ3) is 3.97. The summed E-state index contributed by atoms with van der Waals surface area (Å²) in [6, 6.07) is 15.9. The number of methoxy groups -OCH3 is 1. The van der Waals surface area contributed by atoms with Crippen LogP contribution in [0, 0.1) is 5.92 Å². The SMILES string of the molecule is COc1cccc(C(=O)N(Cc2cccc(-c3cn4c(n3)CCC4)c2)CC2CC2)c1. The van der Waals surface area contributed by atoms with Gasteiger partial charge in [0.2, 0.25) is 0 Å². The normalized spacial score (nSPS) is 15.1. The van der Waals surface area contributed by atoms with Gasteiger partial charge in [0.1, 0.15) is 11.6 Å². The van der Waals surface area contributed by atoms with Crippen LogP contribution in [0.25, 0.3) is 11.3 Å². The highest BCUT2D eigenvalue weighted by Gasteiger charge is 2.27. The van der Waals surface area contributed by atoms with Gasteiger partial charge in [-0.2, -0.15) is 0 Å². The molecule has 0 radical (unpaired) electrons. The van der Waals surface area contributed by atoms with E-state index in [0.717, 1.165) is 36.3 Å². The number of benzene rings is 2. The van der Waals surface area contributed by atoms with Gasteiger partial charge < -0.3 is 14.2 Å². The summed E-state index contributed by atoms with van der Waals surface area (Å²) in [7, 11) is 1.63. The molecule has 0 N–H and O–H groups in total. The first-order valence-corrected chi connectivity index (χ1v) is 10.8. The lowest BCUT2D eigenvalue weighted by atomic mass is 10.1. The van der Waals surface area contributed by atoms with Gasteiger partial charge in [-0.15, -0.1) is 0 Å². The number of hydrogen-bond acceptors (Lipinski definition) is 3. The number of carbonyl (C=O) groups is 1. The summed E-state index contributed by atoms with van der Waals surface area (Å²) in [5, 5.41) is 0. The first-order chi connectivity index (χ1) is 14.7. The van der Waals surface area contributed by atoms with Gasteiger partial charge in [0.05, 0.1) is 12.8 Å². The molecule has 2 aromatic carbocycles. The number of amides is 1. The van der Waals surface area contributed by atoms with Gasteiger partial charge in [0.15, 0.2) is 0 Å². The maximum Gasteiger partial charge on any atom is 0.254 e. The summed E-state index contributed by atoms with van der Waals surface area (Å²) >= 11 is 0. The Bertz CT molecular complexity index is 1050. The van der Waals surface area contributed by atoms with Crippen LogP contribution in [-0.2, 0) is 19.5 Å². The van der Waals surface area contributed by atoms with Gasteiger partial charge in [0.25, 0.3) is 5.91 Å². The minimum absolute atomic E-state index is 0.0622. The van der Waals surface area contributed by atoms with Crippen molar-refractivity contribution < 1.29 is 9.53 Å². The molecule has 5 rings (SSSR count). The molecule has 5 heteroatoms. The van der Waals surface area contributed by atoms with Crippen molar-refractivity contribution in [1.82, 2.24) is 14.5 Å². The maximum absolute atomic E-state index is 13.3. The molecular formula is C25H27N3O2. The second kappa shape index (κ2) is 7.98. The van der Waals surface area contributed by atoms with E-state index in [2.05, 4.69) is 35.0 Å². The molecule has 0 unspecified atom stereocenters. The molecule has 0 spiro atoms. The molecule has 0 saturated heterocycles. The molecule has 1 aromatic heterocycles. The Hall–Kier alpha value is -3.08. The van der Waals surface area contributed by atoms with Crippen LogP contribution in [0.1, 0.15) is 41.0 Å². The Kier molecular flexibility index (Phi) is 5.03. The number of imidazole rings is 1. The van der Waals surface area contributed by atoms with E-state index >= 15 is 0 Å². The Morgan fingerprint density at radius 1 is 1.20 bits per heavy atom. The molecule has 154 valence electrons. The molecule has 3 aromatic rings. The summed E-state index contributed by atoms with van der Waals surface area (Å²) in [6.07, 6.45) is 6.82. The zero-order valence-corrected chi connectivity index (χ0v) is 17.4. The smallest absolute Gasteiger partial charge is 0.254 e. The van der Waals surface area contributed by atoms with Crippen molar-refractivity contribution in [1.29, 1.82) is 0 Å². The molecule has 1 saturated carbocycles. The van der Waals surface area contributed by atoms with Crippen LogP contribution in [-0.4, -0.2) is 34.0 Å². The van der Waals surface area contributed by atoms with Crippen LogP contribution >= 0.6 is 0 Å². The van der Waals surface area contributed by atoms with Crippen LogP contribution in [0.2, 0.25) is 0 Å². The molecule has 1 aliphatic heterocycles. The minimum atomic E-state index is 0.0622. The second-order valence-corrected chi connectivity index (χ2v) is 8.40.